The standard InChI is InChI=1S/C18H14BrF2NO3/c1-11(18(24)22-16-5-3-2-4-15(16)21)25-17(23)9-6-12-10-13(19)7-8-14(12)20/h2-11H,1H3,(H,22,24)/b9-6+. The Morgan fingerprint density at radius 2 is 1.88 bits per heavy atom. The van der Waals surface area contributed by atoms with Crippen LogP contribution in [0.25, 0.3) is 6.08 Å². The Balaban J connectivity index is 1.95. The van der Waals surface area contributed by atoms with Gasteiger partial charge in [0.25, 0.3) is 5.91 Å². The zero-order chi connectivity index (χ0) is 18.4. The molecule has 1 atom stereocenters. The Morgan fingerprint density at radius 3 is 2.60 bits per heavy atom. The molecule has 0 aliphatic carbocycles. The SMILES string of the molecule is CC(OC(=O)/C=C/c1cc(Br)ccc1F)C(=O)Nc1ccccc1F. The maximum absolute atomic E-state index is 13.6. The molecule has 4 nitrogen and oxygen atoms in total. The monoisotopic (exact) mass is 409 g/mol. The summed E-state index contributed by atoms with van der Waals surface area (Å²) in [6.45, 7) is 1.35. The number of ether oxygens (including phenoxy) is 1. The molecule has 25 heavy (non-hydrogen) atoms. The predicted octanol–water partition coefficient (Wildman–Crippen LogP) is 4.31. The number of benzene rings is 2. The van der Waals surface area contributed by atoms with Crippen LogP contribution in [0.5, 0.6) is 0 Å². The van der Waals surface area contributed by atoms with E-state index in [1.54, 1.807) is 6.07 Å². The largest absolute Gasteiger partial charge is 0.449 e. The number of hydrogen-bond acceptors (Lipinski definition) is 3. The molecule has 0 spiro atoms. The minimum atomic E-state index is -1.15. The first-order chi connectivity index (χ1) is 11.9. The average molecular weight is 410 g/mol. The van der Waals surface area contributed by atoms with Gasteiger partial charge in [0.05, 0.1) is 5.69 Å². The highest BCUT2D eigenvalue weighted by molar-refractivity contribution is 9.10. The normalized spacial score (nSPS) is 12.0. The number of rotatable bonds is 5. The third-order valence-electron chi connectivity index (χ3n) is 3.15. The van der Waals surface area contributed by atoms with Gasteiger partial charge in [-0.05, 0) is 43.3 Å². The topological polar surface area (TPSA) is 55.4 Å². The van der Waals surface area contributed by atoms with E-state index in [1.807, 2.05) is 0 Å². The Hall–Kier alpha value is -2.54. The van der Waals surface area contributed by atoms with Gasteiger partial charge in [-0.3, -0.25) is 4.79 Å². The van der Waals surface area contributed by atoms with Crippen LogP contribution in [0.4, 0.5) is 14.5 Å². The highest BCUT2D eigenvalue weighted by Crippen LogP contribution is 2.17. The molecule has 0 bridgehead atoms. The summed E-state index contributed by atoms with van der Waals surface area (Å²) in [4.78, 5) is 23.7. The fourth-order valence-corrected chi connectivity index (χ4v) is 2.24. The van der Waals surface area contributed by atoms with Gasteiger partial charge >= 0.3 is 5.97 Å². The Bertz CT molecular complexity index is 824. The van der Waals surface area contributed by atoms with Crippen LogP contribution in [-0.4, -0.2) is 18.0 Å². The van der Waals surface area contributed by atoms with E-state index in [-0.39, 0.29) is 11.3 Å². The van der Waals surface area contributed by atoms with Crippen molar-refractivity contribution in [3.63, 3.8) is 0 Å². The molecule has 1 unspecified atom stereocenters. The Kier molecular flexibility index (Phi) is 6.41. The second-order valence-electron chi connectivity index (χ2n) is 5.05. The van der Waals surface area contributed by atoms with Gasteiger partial charge in [0.1, 0.15) is 11.6 Å². The third-order valence-corrected chi connectivity index (χ3v) is 3.64. The summed E-state index contributed by atoms with van der Waals surface area (Å²) in [5, 5.41) is 2.32. The van der Waals surface area contributed by atoms with Gasteiger partial charge in [0.15, 0.2) is 6.10 Å². The molecule has 1 N–H and O–H groups in total. The van der Waals surface area contributed by atoms with E-state index in [0.29, 0.717) is 4.47 Å². The summed E-state index contributed by atoms with van der Waals surface area (Å²) in [6, 6.07) is 9.90. The summed E-state index contributed by atoms with van der Waals surface area (Å²) in [6.07, 6.45) is 1.10. The van der Waals surface area contributed by atoms with Crippen LogP contribution in [0.2, 0.25) is 0 Å². The maximum Gasteiger partial charge on any atom is 0.331 e. The van der Waals surface area contributed by atoms with Crippen molar-refractivity contribution >= 4 is 39.6 Å². The van der Waals surface area contributed by atoms with Gasteiger partial charge in [-0.25, -0.2) is 13.6 Å². The molecule has 0 fully saturated rings. The van der Waals surface area contributed by atoms with Crippen molar-refractivity contribution in [2.75, 3.05) is 5.32 Å². The molecule has 2 rings (SSSR count). The van der Waals surface area contributed by atoms with Crippen molar-refractivity contribution in [2.45, 2.75) is 13.0 Å². The van der Waals surface area contributed by atoms with Crippen molar-refractivity contribution in [2.24, 2.45) is 0 Å². The molecule has 7 heteroatoms. The minimum Gasteiger partial charge on any atom is -0.449 e. The Morgan fingerprint density at radius 1 is 1.16 bits per heavy atom. The number of carbonyl (C=O) groups excluding carboxylic acids is 2. The predicted molar refractivity (Wildman–Crippen MR) is 93.7 cm³/mol. The summed E-state index contributed by atoms with van der Waals surface area (Å²) in [5.41, 5.74) is 0.178. The average Bonchev–Trinajstić information content (AvgIpc) is 2.57. The second kappa shape index (κ2) is 8.53. The smallest absolute Gasteiger partial charge is 0.331 e. The lowest BCUT2D eigenvalue weighted by atomic mass is 10.2. The van der Waals surface area contributed by atoms with Crippen LogP contribution in [0.3, 0.4) is 0 Å². The molecule has 0 aliphatic heterocycles. The van der Waals surface area contributed by atoms with Crippen molar-refractivity contribution in [3.05, 3.63) is 70.2 Å². The van der Waals surface area contributed by atoms with Gasteiger partial charge in [-0.1, -0.05) is 28.1 Å². The first-order valence-electron chi connectivity index (χ1n) is 7.26. The zero-order valence-electron chi connectivity index (χ0n) is 13.1. The molecular weight excluding hydrogens is 396 g/mol. The van der Waals surface area contributed by atoms with E-state index in [0.717, 1.165) is 6.08 Å². The summed E-state index contributed by atoms with van der Waals surface area (Å²) < 4.78 is 32.6. The lowest BCUT2D eigenvalue weighted by molar-refractivity contribution is -0.148. The van der Waals surface area contributed by atoms with Gasteiger partial charge in [-0.2, -0.15) is 0 Å². The first-order valence-corrected chi connectivity index (χ1v) is 8.05. The van der Waals surface area contributed by atoms with E-state index in [4.69, 9.17) is 4.74 Å². The number of amides is 1. The van der Waals surface area contributed by atoms with E-state index < -0.39 is 29.6 Å². The molecule has 2 aromatic rings. The zero-order valence-corrected chi connectivity index (χ0v) is 14.7. The molecule has 0 heterocycles. The van der Waals surface area contributed by atoms with Crippen LogP contribution in [0, 0.1) is 11.6 Å². The number of para-hydroxylation sites is 1. The molecule has 1 amide bonds. The van der Waals surface area contributed by atoms with Gasteiger partial charge < -0.3 is 10.1 Å². The third kappa shape index (κ3) is 5.49. The molecule has 130 valence electrons. The number of nitrogens with one attached hydrogen (secondary N) is 1. The van der Waals surface area contributed by atoms with Crippen molar-refractivity contribution < 1.29 is 23.1 Å². The molecule has 0 radical (unpaired) electrons. The van der Waals surface area contributed by atoms with Crippen LogP contribution < -0.4 is 5.32 Å². The van der Waals surface area contributed by atoms with E-state index in [9.17, 15) is 18.4 Å². The number of halogens is 3. The van der Waals surface area contributed by atoms with E-state index in [1.165, 1.54) is 49.4 Å². The van der Waals surface area contributed by atoms with E-state index in [2.05, 4.69) is 21.2 Å². The van der Waals surface area contributed by atoms with Crippen molar-refractivity contribution in [1.29, 1.82) is 0 Å². The summed E-state index contributed by atoms with van der Waals surface area (Å²) in [5.74, 6) is -2.60. The lowest BCUT2D eigenvalue weighted by Gasteiger charge is -2.12. The summed E-state index contributed by atoms with van der Waals surface area (Å²) >= 11 is 3.20. The van der Waals surface area contributed by atoms with E-state index >= 15 is 0 Å². The Labute approximate surface area is 151 Å². The number of carbonyl (C=O) groups is 2. The number of anilines is 1. The van der Waals surface area contributed by atoms with Crippen LogP contribution >= 0.6 is 15.9 Å². The molecule has 0 aliphatic rings. The number of esters is 1. The second-order valence-corrected chi connectivity index (χ2v) is 5.96. The fraction of sp³-hybridized carbons (Fsp3) is 0.111. The first kappa shape index (κ1) is 18.8. The van der Waals surface area contributed by atoms with Crippen LogP contribution in [0.15, 0.2) is 53.0 Å². The minimum absolute atomic E-state index is 0.0119. The highest BCUT2D eigenvalue weighted by atomic mass is 79.9. The van der Waals surface area contributed by atoms with Gasteiger partial charge in [-0.15, -0.1) is 0 Å². The lowest BCUT2D eigenvalue weighted by Crippen LogP contribution is -2.29. The molecule has 2 aromatic carbocycles. The van der Waals surface area contributed by atoms with Crippen molar-refractivity contribution in [3.8, 4) is 0 Å². The molecule has 0 saturated carbocycles. The number of hydrogen-bond donors (Lipinski definition) is 1. The molecule has 0 aromatic heterocycles. The fourth-order valence-electron chi connectivity index (χ4n) is 1.86. The van der Waals surface area contributed by atoms with Gasteiger partial charge in [0.2, 0.25) is 0 Å². The van der Waals surface area contributed by atoms with Crippen LogP contribution in [0.1, 0.15) is 12.5 Å². The maximum atomic E-state index is 13.6. The molecule has 0 saturated heterocycles. The van der Waals surface area contributed by atoms with Crippen molar-refractivity contribution in [1.82, 2.24) is 0 Å². The molecular formula is C18H14BrF2NO3. The van der Waals surface area contributed by atoms with Gasteiger partial charge in [0, 0.05) is 16.1 Å². The quantitative estimate of drug-likeness (QED) is 0.591. The highest BCUT2D eigenvalue weighted by Gasteiger charge is 2.17. The van der Waals surface area contributed by atoms with Crippen LogP contribution in [-0.2, 0) is 14.3 Å². The summed E-state index contributed by atoms with van der Waals surface area (Å²) in [7, 11) is 0.